The summed E-state index contributed by atoms with van der Waals surface area (Å²) in [5.41, 5.74) is 6.58. The average Bonchev–Trinajstić information content (AvgIpc) is 2.78. The molecule has 1 saturated carbocycles. The van der Waals surface area contributed by atoms with Crippen molar-refractivity contribution in [3.8, 4) is 0 Å². The number of nitrogens with two attached hydrogens (primary N) is 1. The van der Waals surface area contributed by atoms with E-state index in [2.05, 4.69) is 5.32 Å². The van der Waals surface area contributed by atoms with Gasteiger partial charge in [-0.25, -0.2) is 0 Å². The van der Waals surface area contributed by atoms with Crippen molar-refractivity contribution >= 4 is 40.5 Å². The first-order valence-electron chi connectivity index (χ1n) is 6.10. The molecule has 1 fully saturated rings. The Bertz CT molecular complexity index is 433. The Labute approximate surface area is 117 Å². The fraction of sp³-hybridized carbons (Fsp3) is 0.462. The third kappa shape index (κ3) is 3.30. The van der Waals surface area contributed by atoms with Crippen LogP contribution in [-0.2, 0) is 4.79 Å². The van der Waals surface area contributed by atoms with Gasteiger partial charge in [-0.2, -0.15) is 0 Å². The predicted octanol–water partition coefficient (Wildman–Crippen LogP) is 4.09. The summed E-state index contributed by atoms with van der Waals surface area (Å²) in [7, 11) is 0. The van der Waals surface area contributed by atoms with E-state index < -0.39 is 0 Å². The largest absolute Gasteiger partial charge is 0.396 e. The third-order valence-corrected chi connectivity index (χ3v) is 3.94. The molecule has 1 aliphatic carbocycles. The third-order valence-electron chi connectivity index (χ3n) is 3.31. The quantitative estimate of drug-likeness (QED) is 0.822. The van der Waals surface area contributed by atoms with Gasteiger partial charge >= 0.3 is 0 Å². The highest BCUT2D eigenvalue weighted by molar-refractivity contribution is 6.39. The minimum atomic E-state index is 0.0128. The van der Waals surface area contributed by atoms with Crippen LogP contribution < -0.4 is 11.1 Å². The van der Waals surface area contributed by atoms with E-state index in [1.54, 1.807) is 12.1 Å². The van der Waals surface area contributed by atoms with Crippen LogP contribution in [0.2, 0.25) is 10.0 Å². The molecule has 18 heavy (non-hydrogen) atoms. The van der Waals surface area contributed by atoms with Crippen LogP contribution in [0.4, 0.5) is 11.4 Å². The van der Waals surface area contributed by atoms with Crippen molar-refractivity contribution < 1.29 is 4.79 Å². The summed E-state index contributed by atoms with van der Waals surface area (Å²) < 4.78 is 0. The topological polar surface area (TPSA) is 55.1 Å². The summed E-state index contributed by atoms with van der Waals surface area (Å²) in [6, 6.07) is 3.24. The predicted molar refractivity (Wildman–Crippen MR) is 76.1 cm³/mol. The number of hydrogen-bond donors (Lipinski definition) is 2. The van der Waals surface area contributed by atoms with Crippen molar-refractivity contribution in [2.75, 3.05) is 11.1 Å². The van der Waals surface area contributed by atoms with Gasteiger partial charge in [0.1, 0.15) is 0 Å². The molecule has 0 atom stereocenters. The fourth-order valence-electron chi connectivity index (χ4n) is 2.35. The van der Waals surface area contributed by atoms with E-state index >= 15 is 0 Å². The molecular weight excluding hydrogens is 271 g/mol. The monoisotopic (exact) mass is 286 g/mol. The van der Waals surface area contributed by atoms with Gasteiger partial charge in [-0.3, -0.25) is 4.79 Å². The Kier molecular flexibility index (Phi) is 4.36. The Balaban J connectivity index is 1.98. The Morgan fingerprint density at radius 1 is 1.28 bits per heavy atom. The molecule has 3 nitrogen and oxygen atoms in total. The van der Waals surface area contributed by atoms with Crippen LogP contribution in [0.1, 0.15) is 32.1 Å². The molecular formula is C13H16Cl2N2O. The molecule has 0 radical (unpaired) electrons. The molecule has 0 unspecified atom stereocenters. The lowest BCUT2D eigenvalue weighted by atomic mass is 10.0. The molecule has 98 valence electrons. The second-order valence-electron chi connectivity index (χ2n) is 4.76. The summed E-state index contributed by atoms with van der Waals surface area (Å²) in [6.45, 7) is 0. The standard InChI is InChI=1S/C13H16Cl2N2O/c14-10-6-9(7-11(15)13(10)16)17-12(18)5-8-3-1-2-4-8/h6-8H,1-5,16H2,(H,17,18). The van der Waals surface area contributed by atoms with Crippen molar-refractivity contribution in [1.82, 2.24) is 0 Å². The second-order valence-corrected chi connectivity index (χ2v) is 5.57. The maximum absolute atomic E-state index is 11.8. The first kappa shape index (κ1) is 13.5. The van der Waals surface area contributed by atoms with Crippen molar-refractivity contribution in [3.05, 3.63) is 22.2 Å². The molecule has 2 rings (SSSR count). The van der Waals surface area contributed by atoms with Crippen molar-refractivity contribution in [1.29, 1.82) is 0 Å². The first-order chi connectivity index (χ1) is 8.56. The van der Waals surface area contributed by atoms with Crippen molar-refractivity contribution in [2.24, 2.45) is 5.92 Å². The van der Waals surface area contributed by atoms with Crippen LogP contribution in [-0.4, -0.2) is 5.91 Å². The number of hydrogen-bond acceptors (Lipinski definition) is 2. The molecule has 1 aromatic rings. The minimum Gasteiger partial charge on any atom is -0.396 e. The number of anilines is 2. The number of nitrogens with one attached hydrogen (secondary N) is 1. The minimum absolute atomic E-state index is 0.0128. The first-order valence-corrected chi connectivity index (χ1v) is 6.86. The second kappa shape index (κ2) is 5.81. The van der Waals surface area contributed by atoms with Crippen LogP contribution >= 0.6 is 23.2 Å². The Hall–Kier alpha value is -0.930. The highest BCUT2D eigenvalue weighted by Gasteiger charge is 2.18. The molecule has 1 aliphatic rings. The fourth-order valence-corrected chi connectivity index (χ4v) is 2.83. The molecule has 1 aromatic carbocycles. The number of nitrogen functional groups attached to an aromatic ring is 1. The van der Waals surface area contributed by atoms with Gasteiger partial charge in [0.05, 0.1) is 15.7 Å². The lowest BCUT2D eigenvalue weighted by Gasteiger charge is -2.11. The molecule has 3 N–H and O–H groups in total. The zero-order chi connectivity index (χ0) is 13.1. The average molecular weight is 287 g/mol. The van der Waals surface area contributed by atoms with Gasteiger partial charge in [-0.1, -0.05) is 36.0 Å². The van der Waals surface area contributed by atoms with Gasteiger partial charge in [0.25, 0.3) is 0 Å². The number of benzene rings is 1. The number of amides is 1. The van der Waals surface area contributed by atoms with E-state index in [0.29, 0.717) is 33.8 Å². The molecule has 0 spiro atoms. The van der Waals surface area contributed by atoms with Crippen LogP contribution in [0.25, 0.3) is 0 Å². The normalized spacial score (nSPS) is 15.9. The summed E-state index contributed by atoms with van der Waals surface area (Å²) in [5.74, 6) is 0.531. The number of carbonyl (C=O) groups is 1. The van der Waals surface area contributed by atoms with E-state index in [1.165, 1.54) is 12.8 Å². The number of carbonyl (C=O) groups excluding carboxylic acids is 1. The van der Waals surface area contributed by atoms with E-state index in [1.807, 2.05) is 0 Å². The summed E-state index contributed by atoms with van der Waals surface area (Å²) in [5, 5.41) is 3.53. The van der Waals surface area contributed by atoms with Crippen LogP contribution in [0.5, 0.6) is 0 Å². The number of halogens is 2. The van der Waals surface area contributed by atoms with E-state index in [-0.39, 0.29) is 5.91 Å². The summed E-state index contributed by atoms with van der Waals surface area (Å²) in [6.07, 6.45) is 5.34. The number of rotatable bonds is 3. The maximum Gasteiger partial charge on any atom is 0.224 e. The van der Waals surface area contributed by atoms with Crippen molar-refractivity contribution in [3.63, 3.8) is 0 Å². The zero-order valence-corrected chi connectivity index (χ0v) is 11.5. The lowest BCUT2D eigenvalue weighted by molar-refractivity contribution is -0.117. The smallest absolute Gasteiger partial charge is 0.224 e. The molecule has 0 heterocycles. The molecule has 0 aliphatic heterocycles. The SMILES string of the molecule is Nc1c(Cl)cc(NC(=O)CC2CCCC2)cc1Cl. The molecule has 0 bridgehead atoms. The van der Waals surface area contributed by atoms with Crippen LogP contribution in [0.3, 0.4) is 0 Å². The lowest BCUT2D eigenvalue weighted by Crippen LogP contribution is -2.15. The van der Waals surface area contributed by atoms with E-state index in [0.717, 1.165) is 12.8 Å². The molecule has 5 heteroatoms. The van der Waals surface area contributed by atoms with Crippen molar-refractivity contribution in [2.45, 2.75) is 32.1 Å². The molecule has 0 aromatic heterocycles. The Morgan fingerprint density at radius 3 is 2.39 bits per heavy atom. The molecule has 1 amide bonds. The summed E-state index contributed by atoms with van der Waals surface area (Å²) in [4.78, 5) is 11.8. The van der Waals surface area contributed by atoms with Gasteiger partial charge in [0.2, 0.25) is 5.91 Å². The highest BCUT2D eigenvalue weighted by atomic mass is 35.5. The van der Waals surface area contributed by atoms with Gasteiger partial charge < -0.3 is 11.1 Å². The van der Waals surface area contributed by atoms with Gasteiger partial charge in [-0.05, 0) is 30.9 Å². The maximum atomic E-state index is 11.8. The highest BCUT2D eigenvalue weighted by Crippen LogP contribution is 2.32. The zero-order valence-electron chi connectivity index (χ0n) is 10.0. The van der Waals surface area contributed by atoms with Crippen LogP contribution in [0.15, 0.2) is 12.1 Å². The molecule has 0 saturated heterocycles. The summed E-state index contributed by atoms with van der Waals surface area (Å²) >= 11 is 11.8. The Morgan fingerprint density at radius 2 is 1.83 bits per heavy atom. The van der Waals surface area contributed by atoms with Gasteiger partial charge in [0.15, 0.2) is 0 Å². The van der Waals surface area contributed by atoms with Gasteiger partial charge in [0, 0.05) is 12.1 Å². The van der Waals surface area contributed by atoms with E-state index in [9.17, 15) is 4.79 Å². The van der Waals surface area contributed by atoms with Gasteiger partial charge in [-0.15, -0.1) is 0 Å². The van der Waals surface area contributed by atoms with E-state index in [4.69, 9.17) is 28.9 Å². The van der Waals surface area contributed by atoms with Crippen LogP contribution in [0, 0.1) is 5.92 Å².